The van der Waals surface area contributed by atoms with Crippen molar-refractivity contribution in [2.45, 2.75) is 44.3 Å². The molecule has 0 bridgehead atoms. The Labute approximate surface area is 248 Å². The highest BCUT2D eigenvalue weighted by Gasteiger charge is 2.35. The number of carbonyl (C=O) groups is 1. The number of rotatable bonds is 8. The summed E-state index contributed by atoms with van der Waals surface area (Å²) in [5, 5.41) is 14.3. The van der Waals surface area contributed by atoms with Crippen molar-refractivity contribution in [1.82, 2.24) is 24.4 Å². The third kappa shape index (κ3) is 6.30. The van der Waals surface area contributed by atoms with E-state index in [9.17, 15) is 18.7 Å². The molecule has 4 heterocycles. The van der Waals surface area contributed by atoms with Crippen LogP contribution in [0.2, 0.25) is 0 Å². The molecule has 12 heteroatoms. The van der Waals surface area contributed by atoms with Gasteiger partial charge in [0.05, 0.1) is 29.8 Å². The minimum atomic E-state index is -2.83. The number of carbonyl (C=O) groups excluding carboxylic acids is 1. The molecule has 1 amide bonds. The molecule has 2 aliphatic rings. The van der Waals surface area contributed by atoms with Gasteiger partial charge in [-0.15, -0.1) is 0 Å². The summed E-state index contributed by atoms with van der Waals surface area (Å²) in [6.07, 6.45) is -1.35. The Morgan fingerprint density at radius 2 is 1.65 bits per heavy atom. The number of imidazole rings is 1. The fourth-order valence-corrected chi connectivity index (χ4v) is 5.81. The van der Waals surface area contributed by atoms with Crippen molar-refractivity contribution >= 4 is 28.7 Å². The predicted octanol–water partition coefficient (Wildman–Crippen LogP) is 3.99. The molecule has 0 radical (unpaired) electrons. The highest BCUT2D eigenvalue weighted by Crippen LogP contribution is 2.30. The minimum absolute atomic E-state index is 0.148. The zero-order chi connectivity index (χ0) is 30.0. The number of halogens is 2. The Morgan fingerprint density at radius 1 is 0.977 bits per heavy atom. The quantitative estimate of drug-likeness (QED) is 0.317. The second kappa shape index (κ2) is 12.2. The lowest BCUT2D eigenvalue weighted by atomic mass is 9.85. The molecule has 0 saturated carbocycles. The molecule has 4 aromatic rings. The summed E-state index contributed by atoms with van der Waals surface area (Å²) in [4.78, 5) is 30.7. The van der Waals surface area contributed by atoms with Crippen LogP contribution in [0, 0.1) is 0 Å². The van der Waals surface area contributed by atoms with Gasteiger partial charge in [0.2, 0.25) is 11.9 Å². The molecule has 2 aromatic heterocycles. The third-order valence-corrected chi connectivity index (χ3v) is 8.14. The number of piperidine rings is 1. The zero-order valence-electron chi connectivity index (χ0n) is 24.0. The average molecular weight is 592 g/mol. The van der Waals surface area contributed by atoms with Crippen LogP contribution in [0.15, 0.2) is 60.7 Å². The second-order valence-electron chi connectivity index (χ2n) is 11.2. The Morgan fingerprint density at radius 3 is 2.37 bits per heavy atom. The number of fused-ring (bicyclic) bond motifs is 1. The van der Waals surface area contributed by atoms with E-state index in [0.717, 1.165) is 5.56 Å². The lowest BCUT2D eigenvalue weighted by Gasteiger charge is -2.39. The number of morpholine rings is 1. The van der Waals surface area contributed by atoms with Crippen molar-refractivity contribution in [3.8, 4) is 5.82 Å². The number of alkyl halides is 2. The fraction of sp³-hybridized carbons (Fsp3) is 0.419. The van der Waals surface area contributed by atoms with E-state index in [2.05, 4.69) is 20.3 Å². The zero-order valence-corrected chi connectivity index (χ0v) is 24.0. The van der Waals surface area contributed by atoms with E-state index in [1.807, 2.05) is 35.2 Å². The second-order valence-corrected chi connectivity index (χ2v) is 11.2. The van der Waals surface area contributed by atoms with Gasteiger partial charge in [-0.2, -0.15) is 9.97 Å². The van der Waals surface area contributed by atoms with Gasteiger partial charge in [0.15, 0.2) is 5.82 Å². The van der Waals surface area contributed by atoms with E-state index in [1.54, 1.807) is 42.2 Å². The number of aromatic nitrogens is 4. The van der Waals surface area contributed by atoms with Crippen LogP contribution in [0.5, 0.6) is 0 Å². The van der Waals surface area contributed by atoms with Crippen LogP contribution in [0.1, 0.15) is 37.6 Å². The van der Waals surface area contributed by atoms with Crippen molar-refractivity contribution in [2.75, 3.05) is 49.6 Å². The molecule has 0 spiro atoms. The van der Waals surface area contributed by atoms with Gasteiger partial charge < -0.3 is 25.0 Å². The first kappa shape index (κ1) is 28.9. The van der Waals surface area contributed by atoms with Gasteiger partial charge in [0, 0.05) is 38.7 Å². The van der Waals surface area contributed by atoms with Crippen molar-refractivity contribution in [2.24, 2.45) is 0 Å². The monoisotopic (exact) mass is 591 g/mol. The normalized spacial score (nSPS) is 17.8. The topological polar surface area (TPSA) is 109 Å². The van der Waals surface area contributed by atoms with E-state index in [0.29, 0.717) is 75.5 Å². The number of aliphatic hydroxyl groups is 1. The molecule has 43 heavy (non-hydrogen) atoms. The van der Waals surface area contributed by atoms with Crippen molar-refractivity contribution in [1.29, 1.82) is 0 Å². The van der Waals surface area contributed by atoms with Gasteiger partial charge in [-0.25, -0.2) is 13.8 Å². The maximum Gasteiger partial charge on any atom is 0.296 e. The molecule has 1 atom stereocenters. The van der Waals surface area contributed by atoms with Crippen LogP contribution in [-0.4, -0.2) is 86.5 Å². The number of likely N-dealkylation sites (tertiary alicyclic amines) is 1. The highest BCUT2D eigenvalue weighted by molar-refractivity contribution is 5.84. The number of hydrogen-bond acceptors (Lipinski definition) is 8. The maximum absolute atomic E-state index is 14.2. The van der Waals surface area contributed by atoms with Gasteiger partial charge in [-0.05, 0) is 37.5 Å². The molecule has 6 rings (SSSR count). The summed E-state index contributed by atoms with van der Waals surface area (Å²) in [6, 6.07) is 17.7. The Balaban J connectivity index is 1.24. The number of amides is 1. The number of nitrogens with one attached hydrogen (secondary N) is 1. The molecule has 2 aromatic carbocycles. The summed E-state index contributed by atoms with van der Waals surface area (Å²) in [5.74, 6) is 0.351. The Kier molecular flexibility index (Phi) is 8.22. The first-order valence-electron chi connectivity index (χ1n) is 14.6. The summed E-state index contributed by atoms with van der Waals surface area (Å²) in [5.41, 5.74) is 1.12. The molecule has 226 valence electrons. The highest BCUT2D eigenvalue weighted by atomic mass is 19.3. The van der Waals surface area contributed by atoms with Crippen LogP contribution < -0.4 is 10.2 Å². The van der Waals surface area contributed by atoms with Gasteiger partial charge in [-0.1, -0.05) is 42.5 Å². The molecular formula is C31H35F2N7O3. The summed E-state index contributed by atoms with van der Waals surface area (Å²) >= 11 is 0. The van der Waals surface area contributed by atoms with Crippen molar-refractivity contribution in [3.63, 3.8) is 0 Å². The summed E-state index contributed by atoms with van der Waals surface area (Å²) in [6.45, 7) is 4.76. The van der Waals surface area contributed by atoms with Crippen LogP contribution in [-0.2, 0) is 16.0 Å². The van der Waals surface area contributed by atoms with E-state index >= 15 is 0 Å². The number of benzene rings is 2. The lowest BCUT2D eigenvalue weighted by molar-refractivity contribution is -0.135. The van der Waals surface area contributed by atoms with Gasteiger partial charge in [0.1, 0.15) is 17.7 Å². The first-order valence-corrected chi connectivity index (χ1v) is 14.6. The number of nitrogens with zero attached hydrogens (tertiary/aromatic N) is 6. The van der Waals surface area contributed by atoms with Gasteiger partial charge >= 0.3 is 0 Å². The molecule has 10 nitrogen and oxygen atoms in total. The standard InChI is InChI=1S/C31H35F2N7O3/c1-21(29(41)39-13-11-31(42,12-14-39)20-22-7-3-2-4-8-22)34-30-36-25(38-15-17-43-18-16-38)19-26(37-30)40-24-10-6-5-9-23(24)35-28(40)27(32)33/h2-10,19,21,27,42H,11-18,20H2,1H3,(H,34,36,37)/t21-/m0/s1. The average Bonchev–Trinajstić information content (AvgIpc) is 3.42. The minimum Gasteiger partial charge on any atom is -0.389 e. The number of hydrogen-bond donors (Lipinski definition) is 2. The Bertz CT molecular complexity index is 1570. The van der Waals surface area contributed by atoms with Gasteiger partial charge in [0.25, 0.3) is 6.43 Å². The Hall–Kier alpha value is -4.16. The van der Waals surface area contributed by atoms with E-state index in [1.165, 1.54) is 4.57 Å². The SMILES string of the molecule is C[C@H](Nc1nc(N2CCOCC2)cc(-n2c(C(F)F)nc3ccccc32)n1)C(=O)N1CCC(O)(Cc2ccccc2)CC1. The van der Waals surface area contributed by atoms with Crippen LogP contribution in [0.4, 0.5) is 20.5 Å². The van der Waals surface area contributed by atoms with E-state index < -0.39 is 23.9 Å². The van der Waals surface area contributed by atoms with E-state index in [-0.39, 0.29) is 17.7 Å². The molecule has 0 unspecified atom stereocenters. The maximum atomic E-state index is 14.2. The molecule has 2 fully saturated rings. The molecule has 2 aliphatic heterocycles. The third-order valence-electron chi connectivity index (χ3n) is 8.14. The molecular weight excluding hydrogens is 556 g/mol. The molecule has 2 saturated heterocycles. The fourth-order valence-electron chi connectivity index (χ4n) is 5.81. The van der Waals surface area contributed by atoms with Gasteiger partial charge in [-0.3, -0.25) is 9.36 Å². The molecule has 2 N–H and O–H groups in total. The van der Waals surface area contributed by atoms with Crippen LogP contribution in [0.3, 0.4) is 0 Å². The van der Waals surface area contributed by atoms with Crippen LogP contribution in [0.25, 0.3) is 16.9 Å². The predicted molar refractivity (Wildman–Crippen MR) is 159 cm³/mol. The lowest BCUT2D eigenvalue weighted by Crippen LogP contribution is -2.51. The van der Waals surface area contributed by atoms with E-state index in [4.69, 9.17) is 4.74 Å². The number of anilines is 2. The molecule has 0 aliphatic carbocycles. The first-order chi connectivity index (χ1) is 20.8. The van der Waals surface area contributed by atoms with Crippen molar-refractivity contribution in [3.05, 3.63) is 72.1 Å². The smallest absolute Gasteiger partial charge is 0.296 e. The largest absolute Gasteiger partial charge is 0.389 e. The van der Waals surface area contributed by atoms with Crippen molar-refractivity contribution < 1.29 is 23.4 Å². The number of para-hydroxylation sites is 2. The number of ether oxygens (including phenoxy) is 1. The summed E-state index contributed by atoms with van der Waals surface area (Å²) < 4.78 is 35.2. The van der Waals surface area contributed by atoms with Crippen LogP contribution >= 0.6 is 0 Å². The summed E-state index contributed by atoms with van der Waals surface area (Å²) in [7, 11) is 0.